The van der Waals surface area contributed by atoms with Crippen LogP contribution in [-0.4, -0.2) is 34.7 Å². The highest BCUT2D eigenvalue weighted by Gasteiger charge is 2.45. The van der Waals surface area contributed by atoms with Crippen LogP contribution in [0.25, 0.3) is 0 Å². The fourth-order valence-corrected chi connectivity index (χ4v) is 2.61. The lowest BCUT2D eigenvalue weighted by molar-refractivity contribution is -0.126. The molecule has 1 saturated heterocycles. The van der Waals surface area contributed by atoms with Crippen LogP contribution in [0.5, 0.6) is 0 Å². The third-order valence-electron chi connectivity index (χ3n) is 3.27. The predicted octanol–water partition coefficient (Wildman–Crippen LogP) is 1.06. The van der Waals surface area contributed by atoms with Gasteiger partial charge in [0.15, 0.2) is 0 Å². The minimum Gasteiger partial charge on any atom is -0.458 e. The van der Waals surface area contributed by atoms with Gasteiger partial charge in [-0.3, -0.25) is 19.7 Å². The van der Waals surface area contributed by atoms with Gasteiger partial charge in [-0.1, -0.05) is 0 Å². The number of nitrogens with one attached hydrogen (secondary N) is 1. The van der Waals surface area contributed by atoms with Crippen molar-refractivity contribution in [2.24, 2.45) is 0 Å². The maximum absolute atomic E-state index is 12.5. The number of hydrogen-bond acceptors (Lipinski definition) is 4. The number of imide groups is 1. The van der Waals surface area contributed by atoms with E-state index in [1.165, 1.54) is 11.2 Å². The van der Waals surface area contributed by atoms with E-state index in [-0.39, 0.29) is 30.0 Å². The van der Waals surface area contributed by atoms with Crippen molar-refractivity contribution in [1.29, 1.82) is 0 Å². The van der Waals surface area contributed by atoms with E-state index in [1.807, 2.05) is 0 Å². The van der Waals surface area contributed by atoms with Gasteiger partial charge in [-0.2, -0.15) is 0 Å². The number of amides is 3. The zero-order chi connectivity index (χ0) is 13.6. The van der Waals surface area contributed by atoms with Gasteiger partial charge in [0.25, 0.3) is 5.91 Å². The summed E-state index contributed by atoms with van der Waals surface area (Å²) in [6.45, 7) is 0. The van der Waals surface area contributed by atoms with Gasteiger partial charge < -0.3 is 9.32 Å². The van der Waals surface area contributed by atoms with Gasteiger partial charge >= 0.3 is 0 Å². The zero-order valence-corrected chi connectivity index (χ0v) is 11.5. The molecule has 1 N–H and O–H groups in total. The maximum atomic E-state index is 12.5. The van der Waals surface area contributed by atoms with E-state index in [0.717, 1.165) is 12.8 Å². The highest BCUT2D eigenvalue weighted by molar-refractivity contribution is 9.10. The molecule has 7 heteroatoms. The number of furan rings is 1. The molecule has 2 heterocycles. The average Bonchev–Trinajstić information content (AvgIpc) is 3.00. The summed E-state index contributed by atoms with van der Waals surface area (Å²) in [5.74, 6) is -0.937. The molecule has 19 heavy (non-hydrogen) atoms. The second kappa shape index (κ2) is 4.48. The van der Waals surface area contributed by atoms with E-state index >= 15 is 0 Å². The highest BCUT2D eigenvalue weighted by atomic mass is 79.9. The molecule has 0 unspecified atom stereocenters. The Kier molecular flexibility index (Phi) is 2.93. The molecule has 2 aliphatic rings. The molecule has 0 bridgehead atoms. The van der Waals surface area contributed by atoms with Crippen molar-refractivity contribution in [1.82, 2.24) is 10.2 Å². The molecular formula is C12H11BrN2O4. The molecule has 0 radical (unpaired) electrons. The maximum Gasteiger partial charge on any atom is 0.291 e. The molecule has 1 aliphatic carbocycles. The van der Waals surface area contributed by atoms with Gasteiger partial charge in [0.1, 0.15) is 6.04 Å². The molecule has 0 aromatic carbocycles. The molecule has 3 amide bonds. The quantitative estimate of drug-likeness (QED) is 0.842. The molecule has 1 atom stereocenters. The predicted molar refractivity (Wildman–Crippen MR) is 67.2 cm³/mol. The van der Waals surface area contributed by atoms with E-state index in [9.17, 15) is 14.4 Å². The van der Waals surface area contributed by atoms with Crippen molar-refractivity contribution in [3.05, 3.63) is 22.6 Å². The Morgan fingerprint density at radius 3 is 2.63 bits per heavy atom. The monoisotopic (exact) mass is 326 g/mol. The Morgan fingerprint density at radius 2 is 2.16 bits per heavy atom. The van der Waals surface area contributed by atoms with Crippen molar-refractivity contribution >= 4 is 33.7 Å². The van der Waals surface area contributed by atoms with Crippen LogP contribution in [0.4, 0.5) is 0 Å². The lowest BCUT2D eigenvalue weighted by Crippen LogP contribution is -2.45. The summed E-state index contributed by atoms with van der Waals surface area (Å²) in [5.41, 5.74) is 0. The van der Waals surface area contributed by atoms with Gasteiger partial charge in [0.05, 0.1) is 17.2 Å². The molecule has 0 spiro atoms. The molecule has 6 nitrogen and oxygen atoms in total. The number of rotatable bonds is 3. The summed E-state index contributed by atoms with van der Waals surface area (Å²) in [7, 11) is 0. The van der Waals surface area contributed by atoms with Gasteiger partial charge in [0, 0.05) is 6.04 Å². The van der Waals surface area contributed by atoms with Crippen LogP contribution < -0.4 is 5.32 Å². The topological polar surface area (TPSA) is 79.6 Å². The number of carbonyl (C=O) groups excluding carboxylic acids is 3. The van der Waals surface area contributed by atoms with Gasteiger partial charge in [-0.05, 0) is 34.8 Å². The van der Waals surface area contributed by atoms with Crippen molar-refractivity contribution in [2.45, 2.75) is 31.3 Å². The van der Waals surface area contributed by atoms with Gasteiger partial charge in [-0.25, -0.2) is 0 Å². The number of halogens is 1. The van der Waals surface area contributed by atoms with E-state index in [0.29, 0.717) is 4.47 Å². The summed E-state index contributed by atoms with van der Waals surface area (Å²) >= 11 is 3.23. The first-order valence-corrected chi connectivity index (χ1v) is 6.76. The molecule has 3 rings (SSSR count). The van der Waals surface area contributed by atoms with E-state index in [2.05, 4.69) is 21.2 Å². The summed E-state index contributed by atoms with van der Waals surface area (Å²) in [6, 6.07) is 0.925. The third kappa shape index (κ3) is 2.18. The zero-order valence-electron chi connectivity index (χ0n) is 9.89. The number of carbonyl (C=O) groups is 3. The molecule has 1 aromatic rings. The Bertz CT molecular complexity index is 564. The highest BCUT2D eigenvalue weighted by Crippen LogP contribution is 2.33. The number of nitrogens with zero attached hydrogens (tertiary/aromatic N) is 1. The SMILES string of the molecule is O=C1C[C@@H](N(C(=O)c2occc2Br)C2CC2)C(=O)N1. The second-order valence-corrected chi connectivity index (χ2v) is 5.53. The Morgan fingerprint density at radius 1 is 1.42 bits per heavy atom. The van der Waals surface area contributed by atoms with Crippen LogP contribution in [0.3, 0.4) is 0 Å². The van der Waals surface area contributed by atoms with Crippen molar-refractivity contribution < 1.29 is 18.8 Å². The van der Waals surface area contributed by atoms with Crippen LogP contribution in [0, 0.1) is 0 Å². The lowest BCUT2D eigenvalue weighted by atomic mass is 10.2. The molecule has 1 aromatic heterocycles. The first kappa shape index (κ1) is 12.4. The first-order valence-electron chi connectivity index (χ1n) is 5.97. The Hall–Kier alpha value is -1.63. The molecule has 2 fully saturated rings. The fourth-order valence-electron chi connectivity index (χ4n) is 2.24. The summed E-state index contributed by atoms with van der Waals surface area (Å²) < 4.78 is 5.70. The van der Waals surface area contributed by atoms with Crippen LogP contribution in [0.1, 0.15) is 29.8 Å². The normalized spacial score (nSPS) is 22.5. The summed E-state index contributed by atoms with van der Waals surface area (Å²) in [6.07, 6.45) is 3.13. The van der Waals surface area contributed by atoms with Gasteiger partial charge in [-0.15, -0.1) is 0 Å². The lowest BCUT2D eigenvalue weighted by Gasteiger charge is -2.25. The van der Waals surface area contributed by atoms with E-state index in [1.54, 1.807) is 6.07 Å². The summed E-state index contributed by atoms with van der Waals surface area (Å²) in [5, 5.41) is 2.23. The van der Waals surface area contributed by atoms with Crippen molar-refractivity contribution in [3.63, 3.8) is 0 Å². The van der Waals surface area contributed by atoms with Crippen LogP contribution in [0.15, 0.2) is 21.2 Å². The van der Waals surface area contributed by atoms with E-state index in [4.69, 9.17) is 4.42 Å². The molecule has 1 saturated carbocycles. The average molecular weight is 327 g/mol. The Balaban J connectivity index is 1.90. The van der Waals surface area contributed by atoms with Gasteiger partial charge in [0.2, 0.25) is 17.6 Å². The first-order chi connectivity index (χ1) is 9.08. The second-order valence-electron chi connectivity index (χ2n) is 4.67. The largest absolute Gasteiger partial charge is 0.458 e. The van der Waals surface area contributed by atoms with Crippen LogP contribution in [-0.2, 0) is 9.59 Å². The standard InChI is InChI=1S/C12H11BrN2O4/c13-7-3-4-19-10(7)12(18)15(6-1-2-6)8-5-9(16)14-11(8)17/h3-4,6,8H,1-2,5H2,(H,14,16,17)/t8-/m1/s1. The molecular weight excluding hydrogens is 316 g/mol. The molecule has 100 valence electrons. The molecule has 1 aliphatic heterocycles. The van der Waals surface area contributed by atoms with Crippen molar-refractivity contribution in [2.75, 3.05) is 0 Å². The third-order valence-corrected chi connectivity index (χ3v) is 3.89. The van der Waals surface area contributed by atoms with Crippen LogP contribution >= 0.6 is 15.9 Å². The number of hydrogen-bond donors (Lipinski definition) is 1. The van der Waals surface area contributed by atoms with Crippen molar-refractivity contribution in [3.8, 4) is 0 Å². The summed E-state index contributed by atoms with van der Waals surface area (Å²) in [4.78, 5) is 37.0. The van der Waals surface area contributed by atoms with Crippen LogP contribution in [0.2, 0.25) is 0 Å². The fraction of sp³-hybridized carbons (Fsp3) is 0.417. The minimum atomic E-state index is -0.718. The Labute approximate surface area is 117 Å². The van der Waals surface area contributed by atoms with E-state index < -0.39 is 11.9 Å². The smallest absolute Gasteiger partial charge is 0.291 e. The minimum absolute atomic E-state index is 0.0196.